The number of nitrogens with one attached hydrogen (secondary N) is 2. The van der Waals surface area contributed by atoms with Gasteiger partial charge in [-0.2, -0.15) is 0 Å². The number of fused-ring (bicyclic) bond motifs is 4. The molecule has 2 aliphatic rings. The van der Waals surface area contributed by atoms with Crippen LogP contribution in [0.4, 0.5) is 11.5 Å². The first kappa shape index (κ1) is 45.7. The van der Waals surface area contributed by atoms with E-state index in [2.05, 4.69) is 51.8 Å². The fraction of sp³-hybridized carbons (Fsp3) is 0.347. The van der Waals surface area contributed by atoms with E-state index in [4.69, 9.17) is 40.3 Å². The van der Waals surface area contributed by atoms with Crippen molar-refractivity contribution in [2.75, 3.05) is 76.6 Å². The summed E-state index contributed by atoms with van der Waals surface area (Å²) in [6.45, 7) is 10.8. The summed E-state index contributed by atoms with van der Waals surface area (Å²) in [6, 6.07) is 24.5. The number of aliphatic imine (C=N–C) groups is 1. The van der Waals surface area contributed by atoms with Crippen molar-refractivity contribution in [1.29, 1.82) is 0 Å². The predicted molar refractivity (Wildman–Crippen MR) is 252 cm³/mol. The SMILES string of the molecule is Cc1sc2c(c1C)C(c1ccc(Cl)cc1)=N[C@@H](CC(=O)Nc1ccc(OCCOCCOCCOCCOCCNc3ccc(-c4ccc5c(c4)CC(=O)C5)cn3)cc1)c1nnc(C)n1-2. The lowest BCUT2D eigenvalue weighted by Crippen LogP contribution is -2.17. The molecule has 8 rings (SSSR count). The number of carbonyl (C=O) groups is 2. The zero-order chi connectivity index (χ0) is 45.1. The van der Waals surface area contributed by atoms with Crippen LogP contribution >= 0.6 is 22.9 Å². The van der Waals surface area contributed by atoms with Gasteiger partial charge in [0.05, 0.1) is 65.0 Å². The summed E-state index contributed by atoms with van der Waals surface area (Å²) in [6.07, 6.45) is 2.98. The van der Waals surface area contributed by atoms with Crippen molar-refractivity contribution in [3.8, 4) is 21.9 Å². The molecule has 65 heavy (non-hydrogen) atoms. The van der Waals surface area contributed by atoms with Gasteiger partial charge in [-0.05, 0) is 91.6 Å². The van der Waals surface area contributed by atoms with Crippen molar-refractivity contribution >= 4 is 51.8 Å². The molecule has 1 aliphatic heterocycles. The van der Waals surface area contributed by atoms with Gasteiger partial charge >= 0.3 is 0 Å². The van der Waals surface area contributed by atoms with E-state index in [9.17, 15) is 9.59 Å². The molecule has 0 spiro atoms. The van der Waals surface area contributed by atoms with Crippen LogP contribution in [0.25, 0.3) is 16.1 Å². The molecular weight excluding hydrogens is 866 g/mol. The minimum atomic E-state index is -0.569. The summed E-state index contributed by atoms with van der Waals surface area (Å²) >= 11 is 7.91. The molecular formula is C49H52ClN7O7S. The number of carbonyl (C=O) groups excluding carboxylic acids is 2. The Bertz CT molecular complexity index is 2610. The minimum absolute atomic E-state index is 0.0722. The maximum Gasteiger partial charge on any atom is 0.227 e. The number of ether oxygens (including phenoxy) is 5. The fourth-order valence-electron chi connectivity index (χ4n) is 7.69. The van der Waals surface area contributed by atoms with Crippen LogP contribution < -0.4 is 15.4 Å². The maximum absolute atomic E-state index is 13.5. The van der Waals surface area contributed by atoms with Crippen molar-refractivity contribution in [2.45, 2.75) is 46.1 Å². The zero-order valence-electron chi connectivity index (χ0n) is 36.7. The van der Waals surface area contributed by atoms with Crippen LogP contribution in [-0.4, -0.2) is 103 Å². The number of aromatic nitrogens is 4. The van der Waals surface area contributed by atoms with Gasteiger partial charge in [-0.25, -0.2) is 4.98 Å². The van der Waals surface area contributed by atoms with E-state index >= 15 is 0 Å². The summed E-state index contributed by atoms with van der Waals surface area (Å²) in [5.41, 5.74) is 8.85. The molecule has 0 saturated heterocycles. The first-order valence-corrected chi connectivity index (χ1v) is 22.9. The molecule has 6 aromatic rings. The second-order valence-electron chi connectivity index (χ2n) is 15.7. The average Bonchev–Trinajstić information content (AvgIpc) is 3.95. The number of pyridine rings is 1. The second kappa shape index (κ2) is 21.9. The van der Waals surface area contributed by atoms with Crippen molar-refractivity contribution in [3.63, 3.8) is 0 Å². The minimum Gasteiger partial charge on any atom is -0.491 e. The highest BCUT2D eigenvalue weighted by Gasteiger charge is 2.32. The molecule has 1 amide bonds. The van der Waals surface area contributed by atoms with E-state index in [0.29, 0.717) is 101 Å². The van der Waals surface area contributed by atoms with E-state index in [1.807, 2.05) is 72.3 Å². The summed E-state index contributed by atoms with van der Waals surface area (Å²) < 4.78 is 30.4. The van der Waals surface area contributed by atoms with Crippen LogP contribution in [0.2, 0.25) is 5.02 Å². The summed E-state index contributed by atoms with van der Waals surface area (Å²) in [5, 5.41) is 16.8. The lowest BCUT2D eigenvalue weighted by atomic mass is 9.99. The van der Waals surface area contributed by atoms with Crippen LogP contribution in [0.3, 0.4) is 0 Å². The van der Waals surface area contributed by atoms with Gasteiger partial charge in [0.1, 0.15) is 40.8 Å². The highest BCUT2D eigenvalue weighted by atomic mass is 35.5. The molecule has 338 valence electrons. The lowest BCUT2D eigenvalue weighted by Gasteiger charge is -2.13. The van der Waals surface area contributed by atoms with Crippen molar-refractivity contribution in [1.82, 2.24) is 19.7 Å². The highest BCUT2D eigenvalue weighted by Crippen LogP contribution is 2.40. The number of hydrogen-bond donors (Lipinski definition) is 2. The predicted octanol–water partition coefficient (Wildman–Crippen LogP) is 8.12. The van der Waals surface area contributed by atoms with Crippen molar-refractivity contribution in [3.05, 3.63) is 134 Å². The Morgan fingerprint density at radius 2 is 1.43 bits per heavy atom. The Morgan fingerprint density at radius 1 is 0.769 bits per heavy atom. The first-order valence-electron chi connectivity index (χ1n) is 21.7. The van der Waals surface area contributed by atoms with Crippen LogP contribution in [-0.2, 0) is 41.4 Å². The molecule has 3 aromatic heterocycles. The molecule has 16 heteroatoms. The lowest BCUT2D eigenvalue weighted by molar-refractivity contribution is -0.117. The Kier molecular flexibility index (Phi) is 15.4. The topological polar surface area (TPSA) is 160 Å². The van der Waals surface area contributed by atoms with E-state index in [1.54, 1.807) is 23.5 Å². The van der Waals surface area contributed by atoms with E-state index in [0.717, 1.165) is 61.3 Å². The summed E-state index contributed by atoms with van der Waals surface area (Å²) in [5.74, 6) is 2.88. The number of nitrogens with zero attached hydrogens (tertiary/aromatic N) is 5. The third-order valence-corrected chi connectivity index (χ3v) is 12.6. The van der Waals surface area contributed by atoms with E-state index < -0.39 is 6.04 Å². The molecule has 0 bridgehead atoms. The Morgan fingerprint density at radius 3 is 2.14 bits per heavy atom. The van der Waals surface area contributed by atoms with Gasteiger partial charge in [0.2, 0.25) is 5.91 Å². The second-order valence-corrected chi connectivity index (χ2v) is 17.4. The van der Waals surface area contributed by atoms with Gasteiger partial charge in [0, 0.05) is 57.9 Å². The number of anilines is 2. The van der Waals surface area contributed by atoms with Gasteiger partial charge in [0.25, 0.3) is 0 Å². The zero-order valence-corrected chi connectivity index (χ0v) is 38.3. The van der Waals surface area contributed by atoms with Gasteiger partial charge < -0.3 is 34.3 Å². The molecule has 0 radical (unpaired) electrons. The third kappa shape index (κ3) is 11.7. The average molecular weight is 919 g/mol. The van der Waals surface area contributed by atoms with Crippen LogP contribution in [0.5, 0.6) is 5.75 Å². The molecule has 14 nitrogen and oxygen atoms in total. The van der Waals surface area contributed by atoms with Gasteiger partial charge in [-0.1, -0.05) is 41.9 Å². The molecule has 0 fully saturated rings. The number of amides is 1. The number of aryl methyl sites for hydroxylation is 2. The molecule has 3 aromatic carbocycles. The van der Waals surface area contributed by atoms with Crippen molar-refractivity contribution < 1.29 is 33.3 Å². The number of ketones is 1. The van der Waals surface area contributed by atoms with Gasteiger partial charge in [-0.15, -0.1) is 21.5 Å². The summed E-state index contributed by atoms with van der Waals surface area (Å²) in [4.78, 5) is 36.1. The van der Waals surface area contributed by atoms with Crippen LogP contribution in [0.1, 0.15) is 56.8 Å². The number of Topliss-reactive ketones (excluding diaryl/α,β-unsaturated/α-hetero) is 1. The number of rotatable bonds is 22. The number of halogens is 1. The Labute approximate surface area is 387 Å². The quantitative estimate of drug-likeness (QED) is 0.0634. The Hall–Kier alpha value is -5.81. The third-order valence-electron chi connectivity index (χ3n) is 11.1. The first-order chi connectivity index (χ1) is 31.7. The van der Waals surface area contributed by atoms with Crippen LogP contribution in [0, 0.1) is 20.8 Å². The maximum atomic E-state index is 13.5. The highest BCUT2D eigenvalue weighted by molar-refractivity contribution is 7.15. The van der Waals surface area contributed by atoms with Crippen LogP contribution in [0.15, 0.2) is 90.1 Å². The Balaban J connectivity index is 0.666. The monoisotopic (exact) mass is 917 g/mol. The standard InChI is InChI=1S/C49H52ClN7O7S/c1-31-32(2)65-49-46(31)47(34-6-9-39(50)10-7-34)54-43(48-56-55-33(3)57(48)49)29-45(59)53-40-11-13-42(14-12-40)64-25-24-63-23-22-62-21-20-61-19-18-60-17-16-51-44-15-8-37(30-52-44)35-4-5-36-27-41(58)28-38(36)26-35/h4-15,26,30,43H,16-25,27-29H2,1-3H3,(H,51,52)(H,53,59)/t43-/m0/s1. The largest absolute Gasteiger partial charge is 0.491 e. The van der Waals surface area contributed by atoms with Crippen molar-refractivity contribution in [2.24, 2.45) is 4.99 Å². The number of thiophene rings is 1. The van der Waals surface area contributed by atoms with Gasteiger partial charge in [0.15, 0.2) is 5.82 Å². The molecule has 2 N–H and O–H groups in total. The molecule has 1 atom stereocenters. The smallest absolute Gasteiger partial charge is 0.227 e. The molecule has 0 saturated carbocycles. The fourth-order valence-corrected chi connectivity index (χ4v) is 9.03. The van der Waals surface area contributed by atoms with Gasteiger partial charge in [-0.3, -0.25) is 19.1 Å². The number of hydrogen-bond acceptors (Lipinski definition) is 13. The molecule has 1 aliphatic carbocycles. The normalized spacial score (nSPS) is 14.1. The van der Waals surface area contributed by atoms with E-state index in [1.165, 1.54) is 4.88 Å². The summed E-state index contributed by atoms with van der Waals surface area (Å²) in [7, 11) is 0. The molecule has 0 unspecified atom stereocenters. The number of benzene rings is 3. The van der Waals surface area contributed by atoms with E-state index in [-0.39, 0.29) is 18.1 Å². The molecule has 4 heterocycles.